The first-order valence-electron chi connectivity index (χ1n) is 10.1. The predicted octanol–water partition coefficient (Wildman–Crippen LogP) is 6.02. The van der Waals surface area contributed by atoms with Gasteiger partial charge in [-0.25, -0.2) is 0 Å². The fraction of sp³-hybridized carbons (Fsp3) is 0.333. The lowest BCUT2D eigenvalue weighted by atomic mass is 10.0. The molecular weight excluding hydrogens is 480 g/mol. The van der Waals surface area contributed by atoms with E-state index in [-0.39, 0.29) is 23.6 Å². The first kappa shape index (κ1) is 25.2. The molecule has 2 aromatic rings. The number of benzene rings is 2. The van der Waals surface area contributed by atoms with Gasteiger partial charge >= 0.3 is 0 Å². The van der Waals surface area contributed by atoms with Crippen LogP contribution in [0, 0.1) is 0 Å². The van der Waals surface area contributed by atoms with Crippen LogP contribution < -0.4 is 4.74 Å². The SMILES string of the molecule is C=C/C(=C\C)OCc1ccc(CCC(Br)c2cccc(OCCCS(=O)(=O)O)c2)cc1. The largest absolute Gasteiger partial charge is 0.494 e. The lowest BCUT2D eigenvalue weighted by Gasteiger charge is -2.13. The highest BCUT2D eigenvalue weighted by atomic mass is 79.9. The molecule has 0 aliphatic rings. The summed E-state index contributed by atoms with van der Waals surface area (Å²) < 4.78 is 41.6. The highest BCUT2D eigenvalue weighted by Gasteiger charge is 2.10. The van der Waals surface area contributed by atoms with Crippen molar-refractivity contribution in [1.29, 1.82) is 0 Å². The van der Waals surface area contributed by atoms with Crippen LogP contribution in [-0.4, -0.2) is 25.3 Å². The Kier molecular flexibility index (Phi) is 10.3. The molecule has 0 saturated heterocycles. The minimum atomic E-state index is -3.95. The van der Waals surface area contributed by atoms with Crippen molar-refractivity contribution in [3.8, 4) is 5.75 Å². The number of hydrogen-bond acceptors (Lipinski definition) is 4. The monoisotopic (exact) mass is 508 g/mol. The van der Waals surface area contributed by atoms with Crippen molar-refractivity contribution in [3.05, 3.63) is 89.7 Å². The van der Waals surface area contributed by atoms with E-state index in [2.05, 4.69) is 46.8 Å². The summed E-state index contributed by atoms with van der Waals surface area (Å²) in [4.78, 5) is 0.168. The van der Waals surface area contributed by atoms with Gasteiger partial charge < -0.3 is 9.47 Å². The summed E-state index contributed by atoms with van der Waals surface area (Å²) >= 11 is 3.75. The van der Waals surface area contributed by atoms with E-state index in [9.17, 15) is 8.42 Å². The van der Waals surface area contributed by atoms with Crippen LogP contribution in [0.25, 0.3) is 0 Å². The maximum Gasteiger partial charge on any atom is 0.264 e. The van der Waals surface area contributed by atoms with Crippen LogP contribution in [0.4, 0.5) is 0 Å². The van der Waals surface area contributed by atoms with Gasteiger partial charge in [0.15, 0.2) is 0 Å². The van der Waals surface area contributed by atoms with Crippen LogP contribution >= 0.6 is 15.9 Å². The second-order valence-electron chi connectivity index (χ2n) is 7.07. The molecule has 0 saturated carbocycles. The Labute approximate surface area is 193 Å². The first-order chi connectivity index (χ1) is 14.8. The van der Waals surface area contributed by atoms with Crippen LogP contribution in [0.15, 0.2) is 73.0 Å². The third-order valence-electron chi connectivity index (χ3n) is 4.64. The van der Waals surface area contributed by atoms with E-state index in [0.29, 0.717) is 12.4 Å². The van der Waals surface area contributed by atoms with Crippen LogP contribution in [-0.2, 0) is 27.9 Å². The fourth-order valence-corrected chi connectivity index (χ4v) is 3.92. The molecule has 0 aliphatic heterocycles. The molecule has 1 N–H and O–H groups in total. The number of rotatable bonds is 13. The Morgan fingerprint density at radius 2 is 1.90 bits per heavy atom. The minimum Gasteiger partial charge on any atom is -0.494 e. The molecular formula is C24H29BrO5S. The molecule has 0 spiro atoms. The molecule has 5 nitrogen and oxygen atoms in total. The number of allylic oxidation sites excluding steroid dienone is 2. The number of aryl methyl sites for hydroxylation is 1. The molecule has 2 aromatic carbocycles. The molecule has 0 amide bonds. The van der Waals surface area contributed by atoms with Gasteiger partial charge in [-0.05, 0) is 67.2 Å². The normalized spacial score (nSPS) is 12.9. The molecule has 168 valence electrons. The fourth-order valence-electron chi connectivity index (χ4n) is 2.92. The highest BCUT2D eigenvalue weighted by molar-refractivity contribution is 9.09. The maximum absolute atomic E-state index is 10.8. The van der Waals surface area contributed by atoms with E-state index in [1.165, 1.54) is 5.56 Å². The van der Waals surface area contributed by atoms with Crippen LogP contribution in [0.2, 0.25) is 0 Å². The number of alkyl halides is 1. The molecule has 31 heavy (non-hydrogen) atoms. The average molecular weight is 509 g/mol. The summed E-state index contributed by atoms with van der Waals surface area (Å²) in [7, 11) is -3.95. The topological polar surface area (TPSA) is 72.8 Å². The van der Waals surface area contributed by atoms with Gasteiger partial charge in [-0.15, -0.1) is 0 Å². The number of hydrogen-bond donors (Lipinski definition) is 1. The van der Waals surface area contributed by atoms with Gasteiger partial charge in [-0.3, -0.25) is 4.55 Å². The van der Waals surface area contributed by atoms with Crippen molar-refractivity contribution >= 4 is 26.0 Å². The van der Waals surface area contributed by atoms with Gasteiger partial charge in [-0.2, -0.15) is 8.42 Å². The third-order valence-corrected chi connectivity index (χ3v) is 6.43. The molecule has 2 rings (SSSR count). The van der Waals surface area contributed by atoms with E-state index in [1.54, 1.807) is 6.08 Å². The first-order valence-corrected chi connectivity index (χ1v) is 12.6. The second-order valence-corrected chi connectivity index (χ2v) is 9.74. The number of halogens is 1. The summed E-state index contributed by atoms with van der Waals surface area (Å²) in [5, 5.41) is 0. The van der Waals surface area contributed by atoms with Gasteiger partial charge in [0.05, 0.1) is 12.4 Å². The quantitative estimate of drug-likeness (QED) is 0.118. The molecule has 0 heterocycles. The van der Waals surface area contributed by atoms with E-state index >= 15 is 0 Å². The summed E-state index contributed by atoms with van der Waals surface area (Å²) in [6.45, 7) is 6.39. The summed E-state index contributed by atoms with van der Waals surface area (Å²) in [6.07, 6.45) is 5.66. The summed E-state index contributed by atoms with van der Waals surface area (Å²) in [5.74, 6) is 1.15. The summed E-state index contributed by atoms with van der Waals surface area (Å²) in [6, 6.07) is 16.1. The van der Waals surface area contributed by atoms with Crippen molar-refractivity contribution in [2.45, 2.75) is 37.6 Å². The molecule has 0 aliphatic carbocycles. The molecule has 1 unspecified atom stereocenters. The van der Waals surface area contributed by atoms with Crippen molar-refractivity contribution in [2.75, 3.05) is 12.4 Å². The predicted molar refractivity (Wildman–Crippen MR) is 128 cm³/mol. The van der Waals surface area contributed by atoms with Gasteiger partial charge in [0, 0.05) is 4.83 Å². The van der Waals surface area contributed by atoms with Crippen LogP contribution in [0.5, 0.6) is 5.75 Å². The smallest absolute Gasteiger partial charge is 0.264 e. The molecule has 0 bridgehead atoms. The minimum absolute atomic E-state index is 0.168. The Balaban J connectivity index is 1.82. The van der Waals surface area contributed by atoms with Gasteiger partial charge in [0.2, 0.25) is 0 Å². The second kappa shape index (κ2) is 12.7. The summed E-state index contributed by atoms with van der Waals surface area (Å²) in [5.41, 5.74) is 3.46. The van der Waals surface area contributed by atoms with E-state index in [0.717, 1.165) is 29.7 Å². The Hall–Kier alpha value is -2.09. The van der Waals surface area contributed by atoms with E-state index < -0.39 is 10.1 Å². The Morgan fingerprint density at radius 3 is 2.55 bits per heavy atom. The zero-order valence-corrected chi connectivity index (χ0v) is 20.1. The lowest BCUT2D eigenvalue weighted by Crippen LogP contribution is -2.08. The van der Waals surface area contributed by atoms with Crippen molar-refractivity contribution < 1.29 is 22.4 Å². The molecule has 0 aromatic heterocycles. The molecule has 0 radical (unpaired) electrons. The van der Waals surface area contributed by atoms with Gasteiger partial charge in [-0.1, -0.05) is 58.9 Å². The van der Waals surface area contributed by atoms with Crippen molar-refractivity contribution in [2.24, 2.45) is 0 Å². The zero-order valence-electron chi connectivity index (χ0n) is 17.7. The Bertz CT molecular complexity index is 968. The lowest BCUT2D eigenvalue weighted by molar-refractivity contribution is 0.211. The Morgan fingerprint density at radius 1 is 1.19 bits per heavy atom. The van der Waals surface area contributed by atoms with Crippen LogP contribution in [0.1, 0.15) is 41.3 Å². The molecule has 1 atom stereocenters. The third kappa shape index (κ3) is 9.72. The maximum atomic E-state index is 10.8. The van der Waals surface area contributed by atoms with Crippen molar-refractivity contribution in [3.63, 3.8) is 0 Å². The van der Waals surface area contributed by atoms with Crippen molar-refractivity contribution in [1.82, 2.24) is 0 Å². The molecule has 7 heteroatoms. The van der Waals surface area contributed by atoms with Gasteiger partial charge in [0.1, 0.15) is 18.1 Å². The van der Waals surface area contributed by atoms with E-state index in [4.69, 9.17) is 14.0 Å². The molecule has 0 fully saturated rings. The number of ether oxygens (including phenoxy) is 2. The average Bonchev–Trinajstić information content (AvgIpc) is 2.76. The highest BCUT2D eigenvalue weighted by Crippen LogP contribution is 2.30. The zero-order chi connectivity index (χ0) is 22.7. The van der Waals surface area contributed by atoms with Gasteiger partial charge in [0.25, 0.3) is 10.1 Å². The standard InChI is InChI=1S/C24H29BrO5S/c1-3-22(4-2)30-18-20-11-9-19(10-12-20)13-14-24(25)21-7-5-8-23(17-21)29-15-6-16-31(26,27)28/h3-5,7-12,17,24H,1,6,13-16,18H2,2H3,(H,26,27,28)/b22-4+. The van der Waals surface area contributed by atoms with Crippen LogP contribution in [0.3, 0.4) is 0 Å². The van der Waals surface area contributed by atoms with E-state index in [1.807, 2.05) is 37.3 Å².